The predicted octanol–water partition coefficient (Wildman–Crippen LogP) is 4.37. The highest BCUT2D eigenvalue weighted by atomic mass is 79.9. The van der Waals surface area contributed by atoms with Crippen molar-refractivity contribution >= 4 is 32.7 Å². The number of rotatable bonds is 4. The van der Waals surface area contributed by atoms with Gasteiger partial charge in [-0.2, -0.15) is 0 Å². The molecule has 0 aliphatic carbocycles. The van der Waals surface area contributed by atoms with Crippen LogP contribution in [0.4, 0.5) is 5.82 Å². The van der Waals surface area contributed by atoms with Gasteiger partial charge in [0.15, 0.2) is 0 Å². The van der Waals surface area contributed by atoms with Gasteiger partial charge in [0.05, 0.1) is 11.6 Å². The number of fused-ring (bicyclic) bond motifs is 1. The molecule has 3 aromatic rings. The van der Waals surface area contributed by atoms with Gasteiger partial charge in [-0.3, -0.25) is 4.98 Å². The number of hydrogen-bond acceptors (Lipinski definition) is 4. The molecule has 1 aromatic carbocycles. The molecule has 0 amide bonds. The van der Waals surface area contributed by atoms with Crippen LogP contribution in [-0.4, -0.2) is 21.5 Å². The fourth-order valence-electron chi connectivity index (χ4n) is 2.65. The third-order valence-corrected chi connectivity index (χ3v) is 4.32. The number of anilines is 1. The van der Waals surface area contributed by atoms with Gasteiger partial charge in [0.1, 0.15) is 12.1 Å². The van der Waals surface area contributed by atoms with Crippen molar-refractivity contribution in [2.24, 2.45) is 0 Å². The van der Waals surface area contributed by atoms with Crippen LogP contribution in [0.5, 0.6) is 0 Å². The lowest BCUT2D eigenvalue weighted by molar-refractivity contribution is 0.679. The Morgan fingerprint density at radius 3 is 2.82 bits per heavy atom. The molecule has 1 atom stereocenters. The summed E-state index contributed by atoms with van der Waals surface area (Å²) in [6, 6.07) is 10.3. The van der Waals surface area contributed by atoms with Crippen molar-refractivity contribution in [3.05, 3.63) is 59.1 Å². The van der Waals surface area contributed by atoms with Crippen molar-refractivity contribution < 1.29 is 0 Å². The zero-order valence-electron chi connectivity index (χ0n) is 12.6. The first-order chi connectivity index (χ1) is 10.7. The first kappa shape index (κ1) is 14.9. The molecule has 0 spiro atoms. The molecule has 2 aromatic heterocycles. The van der Waals surface area contributed by atoms with Crippen molar-refractivity contribution in [2.45, 2.75) is 19.9 Å². The molecule has 3 rings (SSSR count). The second-order valence-electron chi connectivity index (χ2n) is 5.11. The van der Waals surface area contributed by atoms with Crippen molar-refractivity contribution in [3.63, 3.8) is 0 Å². The molecule has 22 heavy (non-hydrogen) atoms. The average molecular weight is 357 g/mol. The first-order valence-electron chi connectivity index (χ1n) is 7.27. The van der Waals surface area contributed by atoms with E-state index in [4.69, 9.17) is 0 Å². The Hall–Kier alpha value is -2.01. The molecule has 0 saturated heterocycles. The Kier molecular flexibility index (Phi) is 4.34. The molecule has 112 valence electrons. The molecule has 0 radical (unpaired) electrons. The molecule has 0 N–H and O–H groups in total. The van der Waals surface area contributed by atoms with Crippen LogP contribution < -0.4 is 4.90 Å². The average Bonchev–Trinajstić information content (AvgIpc) is 2.56. The van der Waals surface area contributed by atoms with Crippen LogP contribution in [0.2, 0.25) is 0 Å². The molecule has 2 heterocycles. The van der Waals surface area contributed by atoms with Crippen LogP contribution in [0.25, 0.3) is 10.9 Å². The number of benzene rings is 1. The summed E-state index contributed by atoms with van der Waals surface area (Å²) in [6.45, 7) is 5.17. The molecule has 1 unspecified atom stereocenters. The number of nitrogens with zero attached hydrogens (tertiary/aromatic N) is 4. The topological polar surface area (TPSA) is 41.9 Å². The molecule has 0 aliphatic heterocycles. The van der Waals surface area contributed by atoms with Gasteiger partial charge in [-0.1, -0.05) is 22.0 Å². The van der Waals surface area contributed by atoms with Crippen molar-refractivity contribution in [2.75, 3.05) is 11.4 Å². The maximum atomic E-state index is 4.54. The maximum absolute atomic E-state index is 4.54. The highest BCUT2D eigenvalue weighted by Gasteiger charge is 2.18. The van der Waals surface area contributed by atoms with E-state index in [0.29, 0.717) is 0 Å². The van der Waals surface area contributed by atoms with E-state index in [9.17, 15) is 0 Å². The second kappa shape index (κ2) is 6.40. The molecule has 0 aliphatic rings. The summed E-state index contributed by atoms with van der Waals surface area (Å²) in [4.78, 5) is 15.4. The van der Waals surface area contributed by atoms with E-state index in [0.717, 1.165) is 27.7 Å². The monoisotopic (exact) mass is 356 g/mol. The number of pyridine rings is 1. The largest absolute Gasteiger partial charge is 0.349 e. The highest BCUT2D eigenvalue weighted by Crippen LogP contribution is 2.31. The van der Waals surface area contributed by atoms with Gasteiger partial charge in [-0.15, -0.1) is 0 Å². The van der Waals surface area contributed by atoms with Crippen LogP contribution in [0.1, 0.15) is 25.5 Å². The number of aromatic nitrogens is 3. The lowest BCUT2D eigenvalue weighted by Crippen LogP contribution is -2.27. The fourth-order valence-corrected chi connectivity index (χ4v) is 3.02. The predicted molar refractivity (Wildman–Crippen MR) is 92.9 cm³/mol. The summed E-state index contributed by atoms with van der Waals surface area (Å²) in [5.74, 6) is 0.949. The van der Waals surface area contributed by atoms with Crippen LogP contribution in [-0.2, 0) is 0 Å². The van der Waals surface area contributed by atoms with Crippen molar-refractivity contribution in [1.82, 2.24) is 15.0 Å². The van der Waals surface area contributed by atoms with Gasteiger partial charge >= 0.3 is 0 Å². The SMILES string of the molecule is CCN(c1ncnc2ccc(Br)cc12)C(C)c1cccnc1. The standard InChI is InChI=1S/C17H17BrN4/c1-3-22(12(2)13-5-4-8-19-10-13)17-15-9-14(18)6-7-16(15)20-11-21-17/h4-12H,3H2,1-2H3. The smallest absolute Gasteiger partial charge is 0.140 e. The third kappa shape index (κ3) is 2.81. The normalized spacial score (nSPS) is 12.3. The van der Waals surface area contributed by atoms with Crippen LogP contribution in [0.3, 0.4) is 0 Å². The Balaban J connectivity index is 2.09. The van der Waals surface area contributed by atoms with E-state index in [1.165, 1.54) is 5.56 Å². The van der Waals surface area contributed by atoms with Crippen molar-refractivity contribution in [3.8, 4) is 0 Å². The molecular weight excluding hydrogens is 340 g/mol. The molecule has 0 fully saturated rings. The highest BCUT2D eigenvalue weighted by molar-refractivity contribution is 9.10. The van der Waals surface area contributed by atoms with Gasteiger partial charge in [0, 0.05) is 28.8 Å². The Labute approximate surface area is 138 Å². The van der Waals surface area contributed by atoms with Gasteiger partial charge < -0.3 is 4.90 Å². The fraction of sp³-hybridized carbons (Fsp3) is 0.235. The van der Waals surface area contributed by atoms with E-state index in [1.807, 2.05) is 24.4 Å². The number of halogens is 1. The van der Waals surface area contributed by atoms with Crippen LogP contribution in [0.15, 0.2) is 53.5 Å². The Bertz CT molecular complexity index is 776. The zero-order chi connectivity index (χ0) is 15.5. The minimum atomic E-state index is 0.191. The third-order valence-electron chi connectivity index (χ3n) is 3.82. The Morgan fingerprint density at radius 2 is 2.09 bits per heavy atom. The second-order valence-corrected chi connectivity index (χ2v) is 6.02. The molecule has 5 heteroatoms. The maximum Gasteiger partial charge on any atom is 0.140 e. The molecule has 0 bridgehead atoms. The minimum Gasteiger partial charge on any atom is -0.349 e. The zero-order valence-corrected chi connectivity index (χ0v) is 14.2. The summed E-state index contributed by atoms with van der Waals surface area (Å²) >= 11 is 3.54. The van der Waals surface area contributed by atoms with E-state index < -0.39 is 0 Å². The minimum absolute atomic E-state index is 0.191. The first-order valence-corrected chi connectivity index (χ1v) is 8.07. The van der Waals surface area contributed by atoms with Gasteiger partial charge in [0.2, 0.25) is 0 Å². The van der Waals surface area contributed by atoms with Gasteiger partial charge in [-0.25, -0.2) is 9.97 Å². The lowest BCUT2D eigenvalue weighted by Gasteiger charge is -2.30. The van der Waals surface area contributed by atoms with E-state index >= 15 is 0 Å². The molecule has 0 saturated carbocycles. The lowest BCUT2D eigenvalue weighted by atomic mass is 10.1. The van der Waals surface area contributed by atoms with E-state index in [1.54, 1.807) is 12.5 Å². The Morgan fingerprint density at radius 1 is 1.23 bits per heavy atom. The van der Waals surface area contributed by atoms with E-state index in [2.05, 4.69) is 61.8 Å². The van der Waals surface area contributed by atoms with E-state index in [-0.39, 0.29) is 6.04 Å². The summed E-state index contributed by atoms with van der Waals surface area (Å²) in [5, 5.41) is 1.05. The summed E-state index contributed by atoms with van der Waals surface area (Å²) in [6.07, 6.45) is 5.33. The molecule has 4 nitrogen and oxygen atoms in total. The summed E-state index contributed by atoms with van der Waals surface area (Å²) in [5.41, 5.74) is 2.12. The summed E-state index contributed by atoms with van der Waals surface area (Å²) < 4.78 is 1.03. The van der Waals surface area contributed by atoms with Gasteiger partial charge in [-0.05, 0) is 43.7 Å². The molecular formula is C17H17BrN4. The van der Waals surface area contributed by atoms with Crippen LogP contribution in [0, 0.1) is 0 Å². The summed E-state index contributed by atoms with van der Waals surface area (Å²) in [7, 11) is 0. The van der Waals surface area contributed by atoms with Crippen LogP contribution >= 0.6 is 15.9 Å². The quantitative estimate of drug-likeness (QED) is 0.695. The van der Waals surface area contributed by atoms with Crippen molar-refractivity contribution in [1.29, 1.82) is 0 Å². The van der Waals surface area contributed by atoms with Gasteiger partial charge in [0.25, 0.3) is 0 Å². The number of hydrogen-bond donors (Lipinski definition) is 0.